The number of rotatable bonds is 6. The molecule has 0 spiro atoms. The first-order valence-corrected chi connectivity index (χ1v) is 6.56. The molecule has 1 aromatic heterocycles. The summed E-state index contributed by atoms with van der Waals surface area (Å²) in [6.07, 6.45) is 0.924. The van der Waals surface area contributed by atoms with Crippen LogP contribution in [0.2, 0.25) is 0 Å². The third-order valence-corrected chi connectivity index (χ3v) is 2.93. The van der Waals surface area contributed by atoms with Crippen LogP contribution in [0.5, 0.6) is 6.01 Å². The Morgan fingerprint density at radius 3 is 2.40 bits per heavy atom. The van der Waals surface area contributed by atoms with Crippen molar-refractivity contribution in [3.63, 3.8) is 0 Å². The van der Waals surface area contributed by atoms with Crippen LogP contribution in [0.4, 0.5) is 11.9 Å². The molecule has 0 aliphatic heterocycles. The smallest absolute Gasteiger partial charge is 0.322 e. The van der Waals surface area contributed by atoms with Gasteiger partial charge in [-0.15, -0.1) is 0 Å². The van der Waals surface area contributed by atoms with Gasteiger partial charge in [-0.2, -0.15) is 15.0 Å². The highest BCUT2D eigenvalue weighted by molar-refractivity contribution is 5.38. The second kappa shape index (κ2) is 6.70. The van der Waals surface area contributed by atoms with E-state index in [-0.39, 0.29) is 12.1 Å². The fourth-order valence-corrected chi connectivity index (χ4v) is 1.89. The average molecular weight is 273 g/mol. The standard InChI is InChI=1S/C14H19N5O/c1-4-11(10-8-6-5-7-9-10)16-13-17-12(15-2)18-14(19-13)20-3/h5-9,11H,4H2,1-3H3,(H2,15,16,17,18,19). The fraction of sp³-hybridized carbons (Fsp3) is 0.357. The van der Waals surface area contributed by atoms with Crippen LogP contribution in [0.15, 0.2) is 30.3 Å². The van der Waals surface area contributed by atoms with Crippen molar-refractivity contribution in [3.05, 3.63) is 35.9 Å². The summed E-state index contributed by atoms with van der Waals surface area (Å²) in [5.41, 5.74) is 1.19. The molecule has 0 bridgehead atoms. The zero-order chi connectivity index (χ0) is 14.4. The molecule has 2 aromatic rings. The van der Waals surface area contributed by atoms with Crippen molar-refractivity contribution < 1.29 is 4.74 Å². The van der Waals surface area contributed by atoms with E-state index in [1.165, 1.54) is 12.7 Å². The highest BCUT2D eigenvalue weighted by Crippen LogP contribution is 2.21. The summed E-state index contributed by atoms with van der Waals surface area (Å²) in [6, 6.07) is 10.6. The Bertz CT molecular complexity index is 524. The van der Waals surface area contributed by atoms with E-state index in [0.29, 0.717) is 11.9 Å². The number of methoxy groups -OCH3 is 1. The van der Waals surface area contributed by atoms with Crippen LogP contribution in [-0.4, -0.2) is 29.1 Å². The largest absolute Gasteiger partial charge is 0.467 e. The second-order valence-corrected chi connectivity index (χ2v) is 4.24. The number of hydrogen-bond acceptors (Lipinski definition) is 6. The Labute approximate surface area is 118 Å². The first-order chi connectivity index (χ1) is 9.76. The normalized spacial score (nSPS) is 11.8. The lowest BCUT2D eigenvalue weighted by Gasteiger charge is -2.17. The van der Waals surface area contributed by atoms with E-state index in [0.717, 1.165) is 6.42 Å². The van der Waals surface area contributed by atoms with Crippen LogP contribution in [0.1, 0.15) is 24.9 Å². The minimum Gasteiger partial charge on any atom is -0.467 e. The maximum Gasteiger partial charge on any atom is 0.322 e. The van der Waals surface area contributed by atoms with Crippen LogP contribution in [0.25, 0.3) is 0 Å². The van der Waals surface area contributed by atoms with E-state index in [9.17, 15) is 0 Å². The molecule has 1 atom stereocenters. The summed E-state index contributed by atoms with van der Waals surface area (Å²) in [7, 11) is 3.29. The zero-order valence-electron chi connectivity index (χ0n) is 11.9. The highest BCUT2D eigenvalue weighted by atomic mass is 16.5. The average Bonchev–Trinajstić information content (AvgIpc) is 2.53. The van der Waals surface area contributed by atoms with Crippen LogP contribution < -0.4 is 15.4 Å². The van der Waals surface area contributed by atoms with Gasteiger partial charge in [0.1, 0.15) is 0 Å². The van der Waals surface area contributed by atoms with Gasteiger partial charge in [-0.3, -0.25) is 0 Å². The van der Waals surface area contributed by atoms with Crippen molar-refractivity contribution in [1.82, 2.24) is 15.0 Å². The van der Waals surface area contributed by atoms with E-state index >= 15 is 0 Å². The molecule has 0 saturated heterocycles. The van der Waals surface area contributed by atoms with Gasteiger partial charge in [0.25, 0.3) is 0 Å². The van der Waals surface area contributed by atoms with Gasteiger partial charge in [0, 0.05) is 7.05 Å². The molecule has 20 heavy (non-hydrogen) atoms. The lowest BCUT2D eigenvalue weighted by molar-refractivity contribution is 0.379. The number of aromatic nitrogens is 3. The van der Waals surface area contributed by atoms with E-state index in [1.54, 1.807) is 7.05 Å². The molecule has 6 nitrogen and oxygen atoms in total. The number of anilines is 2. The maximum absolute atomic E-state index is 5.08. The molecule has 0 fully saturated rings. The number of nitrogens with one attached hydrogen (secondary N) is 2. The van der Waals surface area contributed by atoms with Gasteiger partial charge in [0.2, 0.25) is 11.9 Å². The molecular weight excluding hydrogens is 254 g/mol. The number of benzene rings is 1. The Balaban J connectivity index is 2.23. The fourth-order valence-electron chi connectivity index (χ4n) is 1.89. The van der Waals surface area contributed by atoms with Crippen LogP contribution >= 0.6 is 0 Å². The monoisotopic (exact) mass is 273 g/mol. The zero-order valence-corrected chi connectivity index (χ0v) is 11.9. The predicted octanol–water partition coefficient (Wildman–Crippen LogP) is 2.49. The molecule has 1 aromatic carbocycles. The van der Waals surface area contributed by atoms with E-state index in [4.69, 9.17) is 4.74 Å². The molecule has 2 N–H and O–H groups in total. The first-order valence-electron chi connectivity index (χ1n) is 6.56. The van der Waals surface area contributed by atoms with Crippen LogP contribution in [0.3, 0.4) is 0 Å². The summed E-state index contributed by atoms with van der Waals surface area (Å²) in [5, 5.41) is 6.20. The van der Waals surface area contributed by atoms with E-state index < -0.39 is 0 Å². The topological polar surface area (TPSA) is 72.0 Å². The minimum absolute atomic E-state index is 0.146. The van der Waals surface area contributed by atoms with Crippen molar-refractivity contribution in [3.8, 4) is 6.01 Å². The van der Waals surface area contributed by atoms with E-state index in [1.807, 2.05) is 18.2 Å². The van der Waals surface area contributed by atoms with Gasteiger partial charge in [-0.05, 0) is 12.0 Å². The quantitative estimate of drug-likeness (QED) is 0.842. The van der Waals surface area contributed by atoms with E-state index in [2.05, 4.69) is 44.6 Å². The molecule has 0 amide bonds. The third-order valence-electron chi connectivity index (χ3n) is 2.93. The number of nitrogens with zero attached hydrogens (tertiary/aromatic N) is 3. The Morgan fingerprint density at radius 2 is 1.80 bits per heavy atom. The number of ether oxygens (including phenoxy) is 1. The lowest BCUT2D eigenvalue weighted by Crippen LogP contribution is -2.13. The van der Waals surface area contributed by atoms with Gasteiger partial charge in [-0.25, -0.2) is 0 Å². The summed E-state index contributed by atoms with van der Waals surface area (Å²) >= 11 is 0. The molecule has 0 saturated carbocycles. The summed E-state index contributed by atoms with van der Waals surface area (Å²) in [6.45, 7) is 2.11. The predicted molar refractivity (Wildman–Crippen MR) is 79.0 cm³/mol. The minimum atomic E-state index is 0.146. The summed E-state index contributed by atoms with van der Waals surface area (Å²) < 4.78 is 5.08. The highest BCUT2D eigenvalue weighted by Gasteiger charge is 2.12. The molecule has 1 unspecified atom stereocenters. The lowest BCUT2D eigenvalue weighted by atomic mass is 10.1. The van der Waals surface area contributed by atoms with Crippen molar-refractivity contribution in [2.75, 3.05) is 24.8 Å². The van der Waals surface area contributed by atoms with Gasteiger partial charge in [0.15, 0.2) is 0 Å². The molecule has 0 radical (unpaired) electrons. The van der Waals surface area contributed by atoms with Crippen molar-refractivity contribution >= 4 is 11.9 Å². The molecule has 0 aliphatic rings. The number of hydrogen-bond donors (Lipinski definition) is 2. The van der Waals surface area contributed by atoms with Gasteiger partial charge >= 0.3 is 6.01 Å². The molecular formula is C14H19N5O. The molecule has 6 heteroatoms. The SMILES string of the molecule is CCC(Nc1nc(NC)nc(OC)n1)c1ccccc1. The third kappa shape index (κ3) is 3.34. The van der Waals surface area contributed by atoms with Gasteiger partial charge < -0.3 is 15.4 Å². The van der Waals surface area contributed by atoms with Crippen molar-refractivity contribution in [2.45, 2.75) is 19.4 Å². The first kappa shape index (κ1) is 14.0. The van der Waals surface area contributed by atoms with Gasteiger partial charge in [0.05, 0.1) is 13.2 Å². The summed E-state index contributed by atoms with van der Waals surface area (Å²) in [5.74, 6) is 0.971. The van der Waals surface area contributed by atoms with Crippen LogP contribution in [0, 0.1) is 0 Å². The van der Waals surface area contributed by atoms with Crippen LogP contribution in [-0.2, 0) is 0 Å². The Morgan fingerprint density at radius 1 is 1.10 bits per heavy atom. The second-order valence-electron chi connectivity index (χ2n) is 4.24. The van der Waals surface area contributed by atoms with Crippen molar-refractivity contribution in [1.29, 1.82) is 0 Å². The summed E-state index contributed by atoms with van der Waals surface area (Å²) in [4.78, 5) is 12.6. The maximum atomic E-state index is 5.08. The Hall–Kier alpha value is -2.37. The molecule has 2 rings (SSSR count). The molecule has 106 valence electrons. The Kier molecular flexibility index (Phi) is 4.70. The molecule has 1 heterocycles. The molecule has 0 aliphatic carbocycles. The van der Waals surface area contributed by atoms with Gasteiger partial charge in [-0.1, -0.05) is 37.3 Å². The van der Waals surface area contributed by atoms with Crippen molar-refractivity contribution in [2.24, 2.45) is 0 Å².